The van der Waals surface area contributed by atoms with Crippen molar-refractivity contribution in [2.24, 2.45) is 5.92 Å². The zero-order valence-electron chi connectivity index (χ0n) is 14.8. The standard InChI is InChI=1S/C20H24N6/c21-20-18(22-8-9-23-20)11-15-5-4-10-26(13-15)14-17-12-24-25-19(17)16-6-2-1-3-7-16/h1-3,6-9,12,15H,4-5,10-11,13-14H2,(H2,21,23)(H,24,25)/t15-/m1/s1. The van der Waals surface area contributed by atoms with Crippen LogP contribution in [-0.2, 0) is 13.0 Å². The molecule has 134 valence electrons. The first kappa shape index (κ1) is 16.7. The molecule has 6 nitrogen and oxygen atoms in total. The molecule has 2 aromatic heterocycles. The van der Waals surface area contributed by atoms with Crippen molar-refractivity contribution in [1.29, 1.82) is 0 Å². The molecular formula is C20H24N6. The third-order valence-corrected chi connectivity index (χ3v) is 5.07. The Morgan fingerprint density at radius 1 is 1.15 bits per heavy atom. The molecule has 0 saturated carbocycles. The zero-order valence-corrected chi connectivity index (χ0v) is 14.8. The number of piperidine rings is 1. The molecule has 0 radical (unpaired) electrons. The van der Waals surface area contributed by atoms with Crippen molar-refractivity contribution >= 4 is 5.82 Å². The van der Waals surface area contributed by atoms with Crippen molar-refractivity contribution in [3.63, 3.8) is 0 Å². The quantitative estimate of drug-likeness (QED) is 0.741. The van der Waals surface area contributed by atoms with Crippen LogP contribution in [0.1, 0.15) is 24.1 Å². The minimum atomic E-state index is 0.561. The highest BCUT2D eigenvalue weighted by Gasteiger charge is 2.22. The maximum atomic E-state index is 5.97. The molecule has 4 rings (SSSR count). The van der Waals surface area contributed by atoms with Crippen LogP contribution in [0.4, 0.5) is 5.82 Å². The van der Waals surface area contributed by atoms with Crippen molar-refractivity contribution in [2.75, 3.05) is 18.8 Å². The second kappa shape index (κ2) is 7.66. The number of nitrogens with two attached hydrogens (primary N) is 1. The van der Waals surface area contributed by atoms with E-state index < -0.39 is 0 Å². The fourth-order valence-corrected chi connectivity index (χ4v) is 3.80. The predicted octanol–water partition coefficient (Wildman–Crippen LogP) is 2.90. The molecule has 3 heterocycles. The molecule has 3 aromatic rings. The summed E-state index contributed by atoms with van der Waals surface area (Å²) in [5, 5.41) is 7.43. The van der Waals surface area contributed by atoms with Crippen LogP contribution >= 0.6 is 0 Å². The summed E-state index contributed by atoms with van der Waals surface area (Å²) >= 11 is 0. The van der Waals surface area contributed by atoms with Gasteiger partial charge >= 0.3 is 0 Å². The fourth-order valence-electron chi connectivity index (χ4n) is 3.80. The first-order valence-corrected chi connectivity index (χ1v) is 9.15. The summed E-state index contributed by atoms with van der Waals surface area (Å²) in [6.07, 6.45) is 8.63. The number of anilines is 1. The van der Waals surface area contributed by atoms with Crippen LogP contribution in [0.15, 0.2) is 48.9 Å². The molecule has 0 aliphatic carbocycles. The number of hydrogen-bond acceptors (Lipinski definition) is 5. The smallest absolute Gasteiger partial charge is 0.145 e. The van der Waals surface area contributed by atoms with E-state index in [1.807, 2.05) is 12.3 Å². The van der Waals surface area contributed by atoms with Crippen molar-refractivity contribution in [1.82, 2.24) is 25.1 Å². The molecule has 1 atom stereocenters. The van der Waals surface area contributed by atoms with Crippen LogP contribution in [0.25, 0.3) is 11.3 Å². The second-order valence-corrected chi connectivity index (χ2v) is 6.97. The first-order valence-electron chi connectivity index (χ1n) is 9.15. The summed E-state index contributed by atoms with van der Waals surface area (Å²) in [6.45, 7) is 3.08. The summed E-state index contributed by atoms with van der Waals surface area (Å²) in [6, 6.07) is 10.4. The topological polar surface area (TPSA) is 83.7 Å². The molecule has 1 fully saturated rings. The Morgan fingerprint density at radius 3 is 2.85 bits per heavy atom. The Morgan fingerprint density at radius 2 is 2.00 bits per heavy atom. The lowest BCUT2D eigenvalue weighted by Gasteiger charge is -2.32. The lowest BCUT2D eigenvalue weighted by atomic mass is 9.93. The van der Waals surface area contributed by atoms with Crippen LogP contribution in [0.2, 0.25) is 0 Å². The van der Waals surface area contributed by atoms with E-state index in [-0.39, 0.29) is 0 Å². The van der Waals surface area contributed by atoms with E-state index in [4.69, 9.17) is 5.73 Å². The second-order valence-electron chi connectivity index (χ2n) is 6.97. The number of aromatic amines is 1. The molecule has 3 N–H and O–H groups in total. The largest absolute Gasteiger partial charge is 0.382 e. The van der Waals surface area contributed by atoms with Gasteiger partial charge in [0, 0.05) is 31.0 Å². The van der Waals surface area contributed by atoms with E-state index in [1.54, 1.807) is 12.4 Å². The van der Waals surface area contributed by atoms with Gasteiger partial charge in [-0.1, -0.05) is 30.3 Å². The summed E-state index contributed by atoms with van der Waals surface area (Å²) in [7, 11) is 0. The first-order chi connectivity index (χ1) is 12.8. The average molecular weight is 348 g/mol. The van der Waals surface area contributed by atoms with Crippen LogP contribution in [0.5, 0.6) is 0 Å². The van der Waals surface area contributed by atoms with E-state index in [0.29, 0.717) is 11.7 Å². The predicted molar refractivity (Wildman–Crippen MR) is 102 cm³/mol. The minimum Gasteiger partial charge on any atom is -0.382 e. The van der Waals surface area contributed by atoms with Crippen molar-refractivity contribution in [2.45, 2.75) is 25.8 Å². The highest BCUT2D eigenvalue weighted by atomic mass is 15.2. The van der Waals surface area contributed by atoms with Gasteiger partial charge < -0.3 is 5.73 Å². The van der Waals surface area contributed by atoms with Gasteiger partial charge in [-0.15, -0.1) is 0 Å². The fraction of sp³-hybridized carbons (Fsp3) is 0.350. The maximum Gasteiger partial charge on any atom is 0.145 e. The van der Waals surface area contributed by atoms with Gasteiger partial charge in [-0.05, 0) is 37.3 Å². The van der Waals surface area contributed by atoms with Crippen molar-refractivity contribution < 1.29 is 0 Å². The summed E-state index contributed by atoms with van der Waals surface area (Å²) in [4.78, 5) is 11.1. The molecule has 0 unspecified atom stereocenters. The highest BCUT2D eigenvalue weighted by Crippen LogP contribution is 2.26. The maximum absolute atomic E-state index is 5.97. The van der Waals surface area contributed by atoms with Crippen LogP contribution in [0, 0.1) is 5.92 Å². The molecule has 1 aliphatic heterocycles. The van der Waals surface area contributed by atoms with Crippen molar-refractivity contribution in [3.8, 4) is 11.3 Å². The number of likely N-dealkylation sites (tertiary alicyclic amines) is 1. The van der Waals surface area contributed by atoms with E-state index in [9.17, 15) is 0 Å². The lowest BCUT2D eigenvalue weighted by molar-refractivity contribution is 0.166. The van der Waals surface area contributed by atoms with Gasteiger partial charge in [-0.25, -0.2) is 4.98 Å². The molecular weight excluding hydrogens is 324 g/mol. The lowest BCUT2D eigenvalue weighted by Crippen LogP contribution is -2.36. The Bertz CT molecular complexity index is 844. The molecule has 6 heteroatoms. The van der Waals surface area contributed by atoms with Gasteiger partial charge in [0.2, 0.25) is 0 Å². The SMILES string of the molecule is Nc1nccnc1C[C@H]1CCCN(Cc2cn[nH]c2-c2ccccc2)C1. The minimum absolute atomic E-state index is 0.561. The van der Waals surface area contributed by atoms with Gasteiger partial charge in [0.15, 0.2) is 0 Å². The number of benzene rings is 1. The number of rotatable bonds is 5. The Hall–Kier alpha value is -2.73. The van der Waals surface area contributed by atoms with Gasteiger partial charge in [0.1, 0.15) is 5.82 Å². The summed E-state index contributed by atoms with van der Waals surface area (Å²) < 4.78 is 0. The number of aromatic nitrogens is 4. The highest BCUT2D eigenvalue weighted by molar-refractivity contribution is 5.62. The molecule has 0 spiro atoms. The zero-order chi connectivity index (χ0) is 17.8. The number of hydrogen-bond donors (Lipinski definition) is 2. The number of nitrogens with one attached hydrogen (secondary N) is 1. The van der Waals surface area contributed by atoms with Crippen LogP contribution in [-0.4, -0.2) is 38.2 Å². The van der Waals surface area contributed by atoms with Gasteiger partial charge in [-0.2, -0.15) is 5.10 Å². The van der Waals surface area contributed by atoms with Gasteiger partial charge in [-0.3, -0.25) is 15.0 Å². The third-order valence-electron chi connectivity index (χ3n) is 5.07. The molecule has 1 aromatic carbocycles. The summed E-state index contributed by atoms with van der Waals surface area (Å²) in [5.41, 5.74) is 10.4. The number of nitrogens with zero attached hydrogens (tertiary/aromatic N) is 4. The monoisotopic (exact) mass is 348 g/mol. The Kier molecular flexibility index (Phi) is 4.93. The van der Waals surface area contributed by atoms with E-state index >= 15 is 0 Å². The molecule has 1 saturated heterocycles. The number of H-pyrrole nitrogens is 1. The average Bonchev–Trinajstić information content (AvgIpc) is 3.13. The van der Waals surface area contributed by atoms with Crippen LogP contribution in [0.3, 0.4) is 0 Å². The molecule has 26 heavy (non-hydrogen) atoms. The van der Waals surface area contributed by atoms with Crippen LogP contribution < -0.4 is 5.73 Å². The van der Waals surface area contributed by atoms with E-state index in [0.717, 1.165) is 37.4 Å². The molecule has 0 bridgehead atoms. The third kappa shape index (κ3) is 3.75. The van der Waals surface area contributed by atoms with Gasteiger partial charge in [0.05, 0.1) is 17.6 Å². The van der Waals surface area contributed by atoms with Crippen molar-refractivity contribution in [3.05, 3.63) is 60.2 Å². The van der Waals surface area contributed by atoms with E-state index in [2.05, 4.69) is 49.3 Å². The number of nitrogen functional groups attached to an aromatic ring is 1. The normalized spacial score (nSPS) is 18.1. The Balaban J connectivity index is 1.43. The Labute approximate surface area is 153 Å². The molecule has 0 amide bonds. The van der Waals surface area contributed by atoms with Gasteiger partial charge in [0.25, 0.3) is 0 Å². The van der Waals surface area contributed by atoms with E-state index in [1.165, 1.54) is 24.0 Å². The molecule has 1 aliphatic rings. The summed E-state index contributed by atoms with van der Waals surface area (Å²) in [5.74, 6) is 1.13.